The maximum atomic E-state index is 6.59. The molecule has 9 aromatic carbocycles. The summed E-state index contributed by atoms with van der Waals surface area (Å²) in [6.07, 6.45) is 0. The summed E-state index contributed by atoms with van der Waals surface area (Å²) in [5, 5.41) is 9.74. The van der Waals surface area contributed by atoms with Crippen LogP contribution in [0.4, 0.5) is 0 Å². The van der Waals surface area contributed by atoms with E-state index in [4.69, 9.17) is 4.42 Å². The largest absolute Gasteiger partial charge is 0.456 e. The van der Waals surface area contributed by atoms with Gasteiger partial charge in [-0.25, -0.2) is 0 Å². The van der Waals surface area contributed by atoms with E-state index in [0.29, 0.717) is 0 Å². The third-order valence-corrected chi connectivity index (χ3v) is 10.1. The average Bonchev–Trinajstić information content (AvgIpc) is 3.56. The Morgan fingerprint density at radius 1 is 0.265 bits per heavy atom. The molecular formula is C48H30O. The Labute approximate surface area is 284 Å². The van der Waals surface area contributed by atoms with E-state index in [2.05, 4.69) is 182 Å². The Bertz CT molecular complexity index is 2800. The summed E-state index contributed by atoms with van der Waals surface area (Å²) >= 11 is 0. The molecule has 10 aromatic rings. The first-order valence-electron chi connectivity index (χ1n) is 16.9. The smallest absolute Gasteiger partial charge is 0.136 e. The minimum Gasteiger partial charge on any atom is -0.456 e. The van der Waals surface area contributed by atoms with Crippen LogP contribution in [-0.2, 0) is 0 Å². The molecule has 0 aliphatic heterocycles. The van der Waals surface area contributed by atoms with Gasteiger partial charge in [0.2, 0.25) is 0 Å². The summed E-state index contributed by atoms with van der Waals surface area (Å²) in [7, 11) is 0. The average molecular weight is 623 g/mol. The van der Waals surface area contributed by atoms with Crippen molar-refractivity contribution in [2.75, 3.05) is 0 Å². The molecule has 0 unspecified atom stereocenters. The Hall–Kier alpha value is -6.44. The highest BCUT2D eigenvalue weighted by Crippen LogP contribution is 2.48. The second-order valence-electron chi connectivity index (χ2n) is 12.8. The Kier molecular flexibility index (Phi) is 6.25. The molecule has 0 saturated carbocycles. The molecule has 0 aliphatic rings. The molecule has 0 spiro atoms. The third-order valence-electron chi connectivity index (χ3n) is 10.1. The number of hydrogen-bond donors (Lipinski definition) is 0. The Morgan fingerprint density at radius 3 is 1.41 bits per heavy atom. The van der Waals surface area contributed by atoms with E-state index < -0.39 is 0 Å². The molecular weight excluding hydrogens is 593 g/mol. The van der Waals surface area contributed by atoms with Crippen molar-refractivity contribution >= 4 is 54.3 Å². The normalized spacial score (nSPS) is 11.7. The quantitative estimate of drug-likeness (QED) is 0.178. The van der Waals surface area contributed by atoms with Gasteiger partial charge in [-0.15, -0.1) is 0 Å². The van der Waals surface area contributed by atoms with Crippen molar-refractivity contribution in [2.45, 2.75) is 0 Å². The van der Waals surface area contributed by atoms with Crippen molar-refractivity contribution < 1.29 is 4.42 Å². The van der Waals surface area contributed by atoms with Crippen LogP contribution in [0.25, 0.3) is 98.8 Å². The first kappa shape index (κ1) is 27.7. The van der Waals surface area contributed by atoms with Crippen LogP contribution < -0.4 is 0 Å². The molecule has 228 valence electrons. The molecule has 10 rings (SSSR count). The summed E-state index contributed by atoms with van der Waals surface area (Å²) in [4.78, 5) is 0. The molecule has 1 heteroatoms. The highest BCUT2D eigenvalue weighted by Gasteiger charge is 2.21. The van der Waals surface area contributed by atoms with E-state index in [1.165, 1.54) is 71.3 Å². The molecule has 1 nitrogen and oxygen atoms in total. The molecule has 49 heavy (non-hydrogen) atoms. The first-order chi connectivity index (χ1) is 24.3. The lowest BCUT2D eigenvalue weighted by atomic mass is 9.83. The molecule has 0 amide bonds. The van der Waals surface area contributed by atoms with E-state index in [9.17, 15) is 0 Å². The first-order valence-corrected chi connectivity index (χ1v) is 16.9. The maximum absolute atomic E-state index is 6.59. The minimum atomic E-state index is 0.900. The van der Waals surface area contributed by atoms with Gasteiger partial charge >= 0.3 is 0 Å². The van der Waals surface area contributed by atoms with Crippen LogP contribution in [0.3, 0.4) is 0 Å². The van der Waals surface area contributed by atoms with Gasteiger partial charge in [0.25, 0.3) is 0 Å². The van der Waals surface area contributed by atoms with E-state index in [1.54, 1.807) is 0 Å². The van der Waals surface area contributed by atoms with Gasteiger partial charge in [-0.1, -0.05) is 164 Å². The van der Waals surface area contributed by atoms with Crippen molar-refractivity contribution in [3.8, 4) is 44.5 Å². The van der Waals surface area contributed by atoms with Gasteiger partial charge in [0.15, 0.2) is 0 Å². The summed E-state index contributed by atoms with van der Waals surface area (Å²) in [5.41, 5.74) is 11.5. The van der Waals surface area contributed by atoms with Crippen molar-refractivity contribution in [3.63, 3.8) is 0 Å². The van der Waals surface area contributed by atoms with Crippen molar-refractivity contribution in [1.29, 1.82) is 0 Å². The fraction of sp³-hybridized carbons (Fsp3) is 0. The van der Waals surface area contributed by atoms with E-state index in [1.807, 2.05) is 0 Å². The molecule has 0 N–H and O–H groups in total. The summed E-state index contributed by atoms with van der Waals surface area (Å²) < 4.78 is 6.59. The molecule has 1 aromatic heterocycles. The van der Waals surface area contributed by atoms with Gasteiger partial charge in [-0.3, -0.25) is 0 Å². The third kappa shape index (κ3) is 4.33. The van der Waals surface area contributed by atoms with Crippen molar-refractivity contribution in [1.82, 2.24) is 0 Å². The van der Waals surface area contributed by atoms with Crippen LogP contribution in [0.15, 0.2) is 186 Å². The minimum absolute atomic E-state index is 0.900. The lowest BCUT2D eigenvalue weighted by Crippen LogP contribution is -1.92. The lowest BCUT2D eigenvalue weighted by molar-refractivity contribution is 0.669. The number of rotatable bonds is 4. The van der Waals surface area contributed by atoms with Gasteiger partial charge in [-0.05, 0) is 95.0 Å². The van der Waals surface area contributed by atoms with Crippen LogP contribution in [0.1, 0.15) is 0 Å². The Balaban J connectivity index is 1.27. The monoisotopic (exact) mass is 622 g/mol. The topological polar surface area (TPSA) is 13.1 Å². The van der Waals surface area contributed by atoms with Crippen molar-refractivity contribution in [2.24, 2.45) is 0 Å². The highest BCUT2D eigenvalue weighted by atomic mass is 16.3. The molecule has 1 heterocycles. The lowest BCUT2D eigenvalue weighted by Gasteiger charge is -2.20. The second kappa shape index (κ2) is 11.1. The van der Waals surface area contributed by atoms with Crippen LogP contribution in [0, 0.1) is 0 Å². The summed E-state index contributed by atoms with van der Waals surface area (Å²) in [6.45, 7) is 0. The Morgan fingerprint density at radius 2 is 0.776 bits per heavy atom. The zero-order valence-corrected chi connectivity index (χ0v) is 26.7. The van der Waals surface area contributed by atoms with Gasteiger partial charge < -0.3 is 4.42 Å². The number of benzene rings is 9. The fourth-order valence-corrected chi connectivity index (χ4v) is 7.94. The highest BCUT2D eigenvalue weighted by molar-refractivity contribution is 6.27. The van der Waals surface area contributed by atoms with E-state index >= 15 is 0 Å². The van der Waals surface area contributed by atoms with Gasteiger partial charge in [-0.2, -0.15) is 0 Å². The predicted molar refractivity (Wildman–Crippen MR) is 208 cm³/mol. The van der Waals surface area contributed by atoms with Crippen LogP contribution in [0.2, 0.25) is 0 Å². The molecule has 0 radical (unpaired) electrons. The van der Waals surface area contributed by atoms with Gasteiger partial charge in [0.05, 0.1) is 0 Å². The second-order valence-corrected chi connectivity index (χ2v) is 12.8. The van der Waals surface area contributed by atoms with E-state index in [0.717, 1.165) is 27.5 Å². The zero-order valence-electron chi connectivity index (χ0n) is 26.7. The molecule has 0 bridgehead atoms. The number of hydrogen-bond acceptors (Lipinski definition) is 1. The van der Waals surface area contributed by atoms with Crippen LogP contribution in [0.5, 0.6) is 0 Å². The maximum Gasteiger partial charge on any atom is 0.136 e. The van der Waals surface area contributed by atoms with E-state index in [-0.39, 0.29) is 0 Å². The zero-order chi connectivity index (χ0) is 32.3. The van der Waals surface area contributed by atoms with Gasteiger partial charge in [0, 0.05) is 10.8 Å². The molecule has 0 aliphatic carbocycles. The van der Waals surface area contributed by atoms with Gasteiger partial charge in [0.1, 0.15) is 11.2 Å². The number of fused-ring (bicyclic) bond motifs is 6. The SMILES string of the molecule is c1ccc(-c2ccc3c(c2)oc2cccc(-c4c5ccccc5c(-c5ccc(-c6ccccc6)c6ccccc56)c5ccccc45)c23)cc1. The van der Waals surface area contributed by atoms with Crippen LogP contribution in [-0.4, -0.2) is 0 Å². The predicted octanol–water partition coefficient (Wildman–Crippen LogP) is 13.7. The molecule has 0 fully saturated rings. The summed E-state index contributed by atoms with van der Waals surface area (Å²) in [5.74, 6) is 0. The fourth-order valence-electron chi connectivity index (χ4n) is 7.94. The van der Waals surface area contributed by atoms with Crippen LogP contribution >= 0.6 is 0 Å². The van der Waals surface area contributed by atoms with Crippen molar-refractivity contribution in [3.05, 3.63) is 182 Å². The molecule has 0 atom stereocenters. The standard InChI is InChI=1S/C48H30O/c1-3-14-31(15-4-1)33-26-27-42-45(30-33)49-44-25-13-24-43(48(42)44)47-39-22-11-9-20-37(39)46(38-21-10-12-23-40(38)47)41-29-28-34(32-16-5-2-6-17-32)35-18-7-8-19-36(35)41/h1-30H. The number of furan rings is 1. The molecule has 0 saturated heterocycles. The summed E-state index contributed by atoms with van der Waals surface area (Å²) in [6, 6.07) is 65.6.